The summed E-state index contributed by atoms with van der Waals surface area (Å²) in [4.78, 5) is 13.6. The number of carbonyl (C=O) groups excluding carboxylic acids is 1. The normalized spacial score (nSPS) is 26.5. The summed E-state index contributed by atoms with van der Waals surface area (Å²) in [6, 6.07) is 3.44. The minimum Gasteiger partial charge on any atom is -0.381 e. The standard InChI is InChI=1S/C14H16F2N2O2/c15-10-1-2-11(12(16)5-10)14-17-6-13(19)18(14)7-9-3-4-20-8-9/h1-2,5,9,14,17H,3-4,6-8H2. The van der Waals surface area contributed by atoms with Gasteiger partial charge in [-0.2, -0.15) is 0 Å². The van der Waals surface area contributed by atoms with E-state index in [0.29, 0.717) is 25.3 Å². The summed E-state index contributed by atoms with van der Waals surface area (Å²) in [7, 11) is 0. The number of hydrogen-bond donors (Lipinski definition) is 1. The Hall–Kier alpha value is -1.53. The average Bonchev–Trinajstić information content (AvgIpc) is 3.03. The van der Waals surface area contributed by atoms with Crippen LogP contribution < -0.4 is 5.32 Å². The summed E-state index contributed by atoms with van der Waals surface area (Å²) < 4.78 is 32.2. The number of hydrogen-bond acceptors (Lipinski definition) is 3. The first kappa shape index (κ1) is 13.5. The zero-order valence-electron chi connectivity index (χ0n) is 10.9. The second-order valence-electron chi connectivity index (χ2n) is 5.22. The molecule has 0 aromatic heterocycles. The zero-order valence-corrected chi connectivity index (χ0v) is 10.9. The molecule has 1 amide bonds. The van der Waals surface area contributed by atoms with Gasteiger partial charge in [-0.1, -0.05) is 0 Å². The molecule has 0 bridgehead atoms. The minimum absolute atomic E-state index is 0.0642. The lowest BCUT2D eigenvalue weighted by Gasteiger charge is -2.27. The highest BCUT2D eigenvalue weighted by Crippen LogP contribution is 2.27. The maximum absolute atomic E-state index is 13.9. The molecule has 0 spiro atoms. The molecule has 6 heteroatoms. The highest BCUT2D eigenvalue weighted by molar-refractivity contribution is 5.81. The Morgan fingerprint density at radius 1 is 1.40 bits per heavy atom. The molecule has 2 saturated heterocycles. The molecule has 2 aliphatic rings. The van der Waals surface area contributed by atoms with Gasteiger partial charge in [0.1, 0.15) is 17.8 Å². The predicted octanol–water partition coefficient (Wildman–Crippen LogP) is 1.43. The summed E-state index contributed by atoms with van der Waals surface area (Å²) in [6.45, 7) is 2.04. The van der Waals surface area contributed by atoms with E-state index in [1.54, 1.807) is 4.90 Å². The molecule has 1 aromatic rings. The van der Waals surface area contributed by atoms with E-state index in [2.05, 4.69) is 5.32 Å². The van der Waals surface area contributed by atoms with Gasteiger partial charge in [0.2, 0.25) is 5.91 Å². The summed E-state index contributed by atoms with van der Waals surface area (Å²) in [5.41, 5.74) is 0.302. The molecule has 0 saturated carbocycles. The van der Waals surface area contributed by atoms with Gasteiger partial charge in [0.05, 0.1) is 13.2 Å². The molecule has 4 nitrogen and oxygen atoms in total. The summed E-state index contributed by atoms with van der Waals surface area (Å²) in [6.07, 6.45) is 0.381. The molecule has 0 aliphatic carbocycles. The highest BCUT2D eigenvalue weighted by Gasteiger charge is 2.35. The number of nitrogens with zero attached hydrogens (tertiary/aromatic N) is 1. The first-order valence-corrected chi connectivity index (χ1v) is 6.70. The first-order chi connectivity index (χ1) is 9.65. The molecule has 0 radical (unpaired) electrons. The van der Waals surface area contributed by atoms with E-state index in [1.165, 1.54) is 12.1 Å². The van der Waals surface area contributed by atoms with E-state index in [4.69, 9.17) is 4.74 Å². The molecule has 20 heavy (non-hydrogen) atoms. The molecule has 2 fully saturated rings. The van der Waals surface area contributed by atoms with Crippen LogP contribution in [-0.2, 0) is 9.53 Å². The van der Waals surface area contributed by atoms with Gasteiger partial charge in [-0.05, 0) is 18.6 Å². The number of amides is 1. The lowest BCUT2D eigenvalue weighted by atomic mass is 10.1. The maximum Gasteiger partial charge on any atom is 0.238 e. The van der Waals surface area contributed by atoms with Crippen molar-refractivity contribution in [2.45, 2.75) is 12.6 Å². The fourth-order valence-electron chi connectivity index (χ4n) is 2.75. The van der Waals surface area contributed by atoms with Crippen molar-refractivity contribution in [1.29, 1.82) is 0 Å². The van der Waals surface area contributed by atoms with Crippen LogP contribution >= 0.6 is 0 Å². The van der Waals surface area contributed by atoms with Crippen LogP contribution in [0.5, 0.6) is 0 Å². The third-order valence-electron chi connectivity index (χ3n) is 3.81. The lowest BCUT2D eigenvalue weighted by molar-refractivity contribution is -0.128. The number of nitrogens with one attached hydrogen (secondary N) is 1. The lowest BCUT2D eigenvalue weighted by Crippen LogP contribution is -2.35. The van der Waals surface area contributed by atoms with Gasteiger partial charge in [-0.25, -0.2) is 8.78 Å². The predicted molar refractivity (Wildman–Crippen MR) is 67.7 cm³/mol. The second kappa shape index (κ2) is 5.46. The van der Waals surface area contributed by atoms with Gasteiger partial charge in [0.15, 0.2) is 0 Å². The van der Waals surface area contributed by atoms with Gasteiger partial charge in [-0.3, -0.25) is 10.1 Å². The molecule has 108 valence electrons. The van der Waals surface area contributed by atoms with Gasteiger partial charge in [0, 0.05) is 30.7 Å². The van der Waals surface area contributed by atoms with Gasteiger partial charge < -0.3 is 9.64 Å². The molecule has 2 atom stereocenters. The second-order valence-corrected chi connectivity index (χ2v) is 5.22. The average molecular weight is 282 g/mol. The number of ether oxygens (including phenoxy) is 1. The van der Waals surface area contributed by atoms with Crippen LogP contribution in [0.3, 0.4) is 0 Å². The Kier molecular flexibility index (Phi) is 3.67. The van der Waals surface area contributed by atoms with Crippen LogP contribution in [0.1, 0.15) is 18.2 Å². The smallest absolute Gasteiger partial charge is 0.238 e. The van der Waals surface area contributed by atoms with E-state index in [-0.39, 0.29) is 18.4 Å². The van der Waals surface area contributed by atoms with E-state index < -0.39 is 17.8 Å². The Bertz CT molecular complexity index is 518. The molecule has 2 unspecified atom stereocenters. The molecule has 1 aromatic carbocycles. The van der Waals surface area contributed by atoms with Crippen molar-refractivity contribution in [2.24, 2.45) is 5.92 Å². The Balaban J connectivity index is 1.81. The molecule has 3 rings (SSSR count). The fourth-order valence-corrected chi connectivity index (χ4v) is 2.75. The third-order valence-corrected chi connectivity index (χ3v) is 3.81. The minimum atomic E-state index is -0.634. The van der Waals surface area contributed by atoms with Crippen LogP contribution in [-0.4, -0.2) is 37.1 Å². The van der Waals surface area contributed by atoms with Gasteiger partial charge in [-0.15, -0.1) is 0 Å². The Morgan fingerprint density at radius 3 is 2.95 bits per heavy atom. The topological polar surface area (TPSA) is 41.6 Å². The first-order valence-electron chi connectivity index (χ1n) is 6.70. The van der Waals surface area contributed by atoms with Crippen molar-refractivity contribution in [3.05, 3.63) is 35.4 Å². The largest absolute Gasteiger partial charge is 0.381 e. The van der Waals surface area contributed by atoms with Crippen LogP contribution in [0.25, 0.3) is 0 Å². The number of halogens is 2. The number of carbonyl (C=O) groups is 1. The number of rotatable bonds is 3. The molecular weight excluding hydrogens is 266 g/mol. The van der Waals surface area contributed by atoms with E-state index >= 15 is 0 Å². The summed E-state index contributed by atoms with van der Waals surface area (Å²) in [5.74, 6) is -1.04. The Labute approximate surface area is 115 Å². The quantitative estimate of drug-likeness (QED) is 0.912. The van der Waals surface area contributed by atoms with Crippen molar-refractivity contribution in [3.8, 4) is 0 Å². The molecule has 2 heterocycles. The van der Waals surface area contributed by atoms with Gasteiger partial charge in [0.25, 0.3) is 0 Å². The molecule has 1 N–H and O–H groups in total. The molecular formula is C14H16F2N2O2. The Morgan fingerprint density at radius 2 is 2.25 bits per heavy atom. The van der Waals surface area contributed by atoms with Gasteiger partial charge >= 0.3 is 0 Å². The van der Waals surface area contributed by atoms with E-state index in [0.717, 1.165) is 12.5 Å². The SMILES string of the molecule is O=C1CNC(c2ccc(F)cc2F)N1CC1CCOC1. The summed E-state index contributed by atoms with van der Waals surface area (Å²) in [5, 5.41) is 2.98. The van der Waals surface area contributed by atoms with Crippen molar-refractivity contribution in [3.63, 3.8) is 0 Å². The van der Waals surface area contributed by atoms with Crippen LogP contribution in [0.4, 0.5) is 8.78 Å². The fraction of sp³-hybridized carbons (Fsp3) is 0.500. The molecule has 2 aliphatic heterocycles. The van der Waals surface area contributed by atoms with Crippen molar-refractivity contribution in [2.75, 3.05) is 26.3 Å². The van der Waals surface area contributed by atoms with E-state index in [9.17, 15) is 13.6 Å². The zero-order chi connectivity index (χ0) is 14.1. The van der Waals surface area contributed by atoms with Crippen LogP contribution in [0.15, 0.2) is 18.2 Å². The number of benzene rings is 1. The monoisotopic (exact) mass is 282 g/mol. The van der Waals surface area contributed by atoms with Crippen LogP contribution in [0.2, 0.25) is 0 Å². The summed E-state index contributed by atoms with van der Waals surface area (Å²) >= 11 is 0. The maximum atomic E-state index is 13.9. The third kappa shape index (κ3) is 2.53. The van der Waals surface area contributed by atoms with Crippen molar-refractivity contribution in [1.82, 2.24) is 10.2 Å². The highest BCUT2D eigenvalue weighted by atomic mass is 19.1. The van der Waals surface area contributed by atoms with Crippen LogP contribution in [0, 0.1) is 17.6 Å². The van der Waals surface area contributed by atoms with E-state index in [1.807, 2.05) is 0 Å². The van der Waals surface area contributed by atoms with Crippen molar-refractivity contribution >= 4 is 5.91 Å². The van der Waals surface area contributed by atoms with Crippen molar-refractivity contribution < 1.29 is 18.3 Å².